The first kappa shape index (κ1) is 9.44. The van der Waals surface area contributed by atoms with Crippen LogP contribution < -0.4 is 5.69 Å². The first-order chi connectivity index (χ1) is 6.15. The molecule has 0 aliphatic rings. The van der Waals surface area contributed by atoms with Gasteiger partial charge in [0.05, 0.1) is 5.56 Å². The van der Waals surface area contributed by atoms with Crippen LogP contribution in [0.15, 0.2) is 11.0 Å². The van der Waals surface area contributed by atoms with Crippen molar-refractivity contribution in [2.45, 2.75) is 19.8 Å². The molecule has 1 aromatic rings. The molecule has 0 bridgehead atoms. The summed E-state index contributed by atoms with van der Waals surface area (Å²) in [6.45, 7) is 1.91. The molecule has 0 spiro atoms. The number of carboxylic acid groups (broad SMARTS) is 1. The zero-order valence-electron chi connectivity index (χ0n) is 7.20. The standard InChI is InChI=1S/C8H10N2O3/c1-2-3-6-5(7(11)12)4-9-8(13)10-6/h4H,2-3H2,1H3,(H,11,12)(H,9,10,13). The van der Waals surface area contributed by atoms with Gasteiger partial charge < -0.3 is 10.1 Å². The molecule has 0 saturated carbocycles. The van der Waals surface area contributed by atoms with Crippen LogP contribution in [0, 0.1) is 0 Å². The minimum absolute atomic E-state index is 0.0708. The molecule has 70 valence electrons. The van der Waals surface area contributed by atoms with Gasteiger partial charge in [-0.25, -0.2) is 14.6 Å². The van der Waals surface area contributed by atoms with E-state index in [1.165, 1.54) is 0 Å². The first-order valence-corrected chi connectivity index (χ1v) is 3.96. The third-order valence-corrected chi connectivity index (χ3v) is 1.62. The Hall–Kier alpha value is -1.65. The summed E-state index contributed by atoms with van der Waals surface area (Å²) in [6, 6.07) is 0. The third-order valence-electron chi connectivity index (χ3n) is 1.62. The quantitative estimate of drug-likeness (QED) is 0.709. The van der Waals surface area contributed by atoms with E-state index >= 15 is 0 Å². The molecular weight excluding hydrogens is 172 g/mol. The van der Waals surface area contributed by atoms with Gasteiger partial charge in [0.2, 0.25) is 0 Å². The average Bonchev–Trinajstić information content (AvgIpc) is 2.04. The van der Waals surface area contributed by atoms with Crippen molar-refractivity contribution < 1.29 is 9.90 Å². The minimum atomic E-state index is -1.06. The van der Waals surface area contributed by atoms with E-state index < -0.39 is 11.7 Å². The normalized spacial score (nSPS) is 9.92. The molecule has 0 aliphatic carbocycles. The predicted octanol–water partition coefficient (Wildman–Crippen LogP) is 0.421. The van der Waals surface area contributed by atoms with Crippen molar-refractivity contribution in [3.8, 4) is 0 Å². The van der Waals surface area contributed by atoms with Gasteiger partial charge in [-0.05, 0) is 6.42 Å². The summed E-state index contributed by atoms with van der Waals surface area (Å²) >= 11 is 0. The van der Waals surface area contributed by atoms with Crippen LogP contribution in [-0.4, -0.2) is 21.0 Å². The Morgan fingerprint density at radius 3 is 2.92 bits per heavy atom. The Morgan fingerprint density at radius 1 is 1.69 bits per heavy atom. The number of hydrogen-bond acceptors (Lipinski definition) is 3. The van der Waals surface area contributed by atoms with Crippen molar-refractivity contribution in [3.05, 3.63) is 27.9 Å². The van der Waals surface area contributed by atoms with E-state index in [1.807, 2.05) is 6.92 Å². The molecule has 0 aliphatic heterocycles. The van der Waals surface area contributed by atoms with Crippen molar-refractivity contribution in [1.82, 2.24) is 9.97 Å². The number of aromatic carboxylic acids is 1. The molecule has 0 aromatic carbocycles. The largest absolute Gasteiger partial charge is 0.478 e. The average molecular weight is 182 g/mol. The van der Waals surface area contributed by atoms with Gasteiger partial charge in [0.25, 0.3) is 0 Å². The summed E-state index contributed by atoms with van der Waals surface area (Å²) in [6.07, 6.45) is 2.41. The number of aromatic nitrogens is 2. The van der Waals surface area contributed by atoms with E-state index in [4.69, 9.17) is 5.11 Å². The lowest BCUT2D eigenvalue weighted by Gasteiger charge is -2.01. The summed E-state index contributed by atoms with van der Waals surface area (Å²) in [5.74, 6) is -1.06. The Balaban J connectivity index is 3.18. The molecule has 0 unspecified atom stereocenters. The summed E-state index contributed by atoms with van der Waals surface area (Å²) in [5.41, 5.74) is 0.00454. The number of nitrogens with one attached hydrogen (secondary N) is 1. The van der Waals surface area contributed by atoms with Crippen molar-refractivity contribution in [2.24, 2.45) is 0 Å². The molecule has 1 rings (SSSR count). The minimum Gasteiger partial charge on any atom is -0.478 e. The van der Waals surface area contributed by atoms with E-state index in [2.05, 4.69) is 9.97 Å². The molecule has 0 fully saturated rings. The fourth-order valence-electron chi connectivity index (χ4n) is 1.06. The summed E-state index contributed by atoms with van der Waals surface area (Å²) in [5, 5.41) is 8.72. The van der Waals surface area contributed by atoms with Crippen molar-refractivity contribution in [2.75, 3.05) is 0 Å². The second-order valence-corrected chi connectivity index (χ2v) is 2.64. The van der Waals surface area contributed by atoms with Crippen LogP contribution in [0.1, 0.15) is 29.4 Å². The van der Waals surface area contributed by atoms with Gasteiger partial charge >= 0.3 is 11.7 Å². The highest BCUT2D eigenvalue weighted by Gasteiger charge is 2.10. The maximum absolute atomic E-state index is 10.8. The zero-order valence-corrected chi connectivity index (χ0v) is 7.20. The van der Waals surface area contributed by atoms with Crippen LogP contribution in [0.2, 0.25) is 0 Å². The number of aryl methyl sites for hydroxylation is 1. The maximum Gasteiger partial charge on any atom is 0.345 e. The summed E-state index contributed by atoms with van der Waals surface area (Å²) < 4.78 is 0. The van der Waals surface area contributed by atoms with E-state index in [-0.39, 0.29) is 5.56 Å². The van der Waals surface area contributed by atoms with Crippen molar-refractivity contribution >= 4 is 5.97 Å². The lowest BCUT2D eigenvalue weighted by Crippen LogP contribution is -2.17. The van der Waals surface area contributed by atoms with Crippen molar-refractivity contribution in [1.29, 1.82) is 0 Å². The van der Waals surface area contributed by atoms with Crippen LogP contribution in [0.3, 0.4) is 0 Å². The molecular formula is C8H10N2O3. The van der Waals surface area contributed by atoms with Crippen LogP contribution in [0.25, 0.3) is 0 Å². The molecule has 2 N–H and O–H groups in total. The smallest absolute Gasteiger partial charge is 0.345 e. The second kappa shape index (κ2) is 3.84. The Bertz CT molecular complexity index is 370. The molecule has 0 atom stereocenters. The van der Waals surface area contributed by atoms with Crippen LogP contribution in [0.4, 0.5) is 0 Å². The molecule has 0 amide bonds. The lowest BCUT2D eigenvalue weighted by molar-refractivity contribution is 0.0694. The van der Waals surface area contributed by atoms with Crippen molar-refractivity contribution in [3.63, 3.8) is 0 Å². The predicted molar refractivity (Wildman–Crippen MR) is 45.8 cm³/mol. The SMILES string of the molecule is CCCc1[nH]c(=O)ncc1C(=O)O. The number of nitrogens with zero attached hydrogens (tertiary/aromatic N) is 1. The Morgan fingerprint density at radius 2 is 2.38 bits per heavy atom. The Labute approximate surface area is 74.4 Å². The molecule has 0 radical (unpaired) electrons. The molecule has 1 aromatic heterocycles. The molecule has 5 heteroatoms. The van der Waals surface area contributed by atoms with Gasteiger partial charge in [0.15, 0.2) is 0 Å². The Kier molecular flexibility index (Phi) is 2.79. The van der Waals surface area contributed by atoms with Crippen LogP contribution in [-0.2, 0) is 6.42 Å². The number of aromatic amines is 1. The number of rotatable bonds is 3. The van der Waals surface area contributed by atoms with E-state index in [1.54, 1.807) is 0 Å². The molecule has 13 heavy (non-hydrogen) atoms. The topological polar surface area (TPSA) is 83.0 Å². The number of carbonyl (C=O) groups is 1. The summed E-state index contributed by atoms with van der Waals surface area (Å²) in [7, 11) is 0. The second-order valence-electron chi connectivity index (χ2n) is 2.64. The van der Waals surface area contributed by atoms with Gasteiger partial charge in [0.1, 0.15) is 0 Å². The number of H-pyrrole nitrogens is 1. The fourth-order valence-corrected chi connectivity index (χ4v) is 1.06. The van der Waals surface area contributed by atoms with Gasteiger partial charge in [0, 0.05) is 11.9 Å². The number of hydrogen-bond donors (Lipinski definition) is 2. The van der Waals surface area contributed by atoms with E-state index in [9.17, 15) is 9.59 Å². The summed E-state index contributed by atoms with van der Waals surface area (Å²) in [4.78, 5) is 27.2. The zero-order chi connectivity index (χ0) is 9.84. The highest BCUT2D eigenvalue weighted by atomic mass is 16.4. The maximum atomic E-state index is 10.8. The van der Waals surface area contributed by atoms with Crippen LogP contribution >= 0.6 is 0 Å². The van der Waals surface area contributed by atoms with Gasteiger partial charge in [-0.1, -0.05) is 13.3 Å². The van der Waals surface area contributed by atoms with E-state index in [0.717, 1.165) is 12.6 Å². The molecule has 1 heterocycles. The lowest BCUT2D eigenvalue weighted by atomic mass is 10.1. The number of carboxylic acids is 1. The van der Waals surface area contributed by atoms with E-state index in [0.29, 0.717) is 12.1 Å². The van der Waals surface area contributed by atoms with Gasteiger partial charge in [-0.2, -0.15) is 0 Å². The highest BCUT2D eigenvalue weighted by molar-refractivity contribution is 5.88. The molecule has 5 nitrogen and oxygen atoms in total. The van der Waals surface area contributed by atoms with Crippen LogP contribution in [0.5, 0.6) is 0 Å². The highest BCUT2D eigenvalue weighted by Crippen LogP contribution is 2.04. The first-order valence-electron chi connectivity index (χ1n) is 3.96. The monoisotopic (exact) mass is 182 g/mol. The molecule has 0 saturated heterocycles. The van der Waals surface area contributed by atoms with Gasteiger partial charge in [-0.15, -0.1) is 0 Å². The fraction of sp³-hybridized carbons (Fsp3) is 0.375. The van der Waals surface area contributed by atoms with Gasteiger partial charge in [-0.3, -0.25) is 0 Å². The third kappa shape index (κ3) is 2.14.